The van der Waals surface area contributed by atoms with E-state index in [1.54, 1.807) is 0 Å². The van der Waals surface area contributed by atoms with Crippen molar-refractivity contribution in [2.75, 3.05) is 26.2 Å². The van der Waals surface area contributed by atoms with Crippen molar-refractivity contribution in [1.29, 1.82) is 0 Å². The molecule has 1 saturated heterocycles. The van der Waals surface area contributed by atoms with Gasteiger partial charge in [-0.1, -0.05) is 13.8 Å². The molecule has 1 aliphatic rings. The van der Waals surface area contributed by atoms with Crippen molar-refractivity contribution in [2.24, 2.45) is 12.9 Å². The molecular formula is C14H26BrN5O. The SMILES string of the molecule is CCc1nn(C)c(CC(NN)C2CN(CC)CCO2)c1Br. The molecule has 2 heterocycles. The molecular weight excluding hydrogens is 334 g/mol. The molecule has 1 fully saturated rings. The Balaban J connectivity index is 2.10. The lowest BCUT2D eigenvalue weighted by atomic mass is 10.0. The van der Waals surface area contributed by atoms with Gasteiger partial charge in [0.05, 0.1) is 34.6 Å². The summed E-state index contributed by atoms with van der Waals surface area (Å²) in [5, 5.41) is 4.54. The van der Waals surface area contributed by atoms with Crippen molar-refractivity contribution in [3.8, 4) is 0 Å². The van der Waals surface area contributed by atoms with Crippen molar-refractivity contribution in [3.63, 3.8) is 0 Å². The number of hydrazine groups is 1. The van der Waals surface area contributed by atoms with Gasteiger partial charge in [0.15, 0.2) is 0 Å². The van der Waals surface area contributed by atoms with Crippen LogP contribution in [0, 0.1) is 0 Å². The maximum absolute atomic E-state index is 5.92. The number of nitrogens with two attached hydrogens (primary N) is 1. The third-order valence-corrected chi connectivity index (χ3v) is 5.12. The minimum absolute atomic E-state index is 0.0794. The third-order valence-electron chi connectivity index (χ3n) is 4.20. The number of hydrogen-bond acceptors (Lipinski definition) is 5. The van der Waals surface area contributed by atoms with Crippen LogP contribution in [0.4, 0.5) is 0 Å². The molecule has 1 aromatic rings. The second kappa shape index (κ2) is 7.69. The van der Waals surface area contributed by atoms with Gasteiger partial charge in [-0.2, -0.15) is 5.10 Å². The monoisotopic (exact) mass is 359 g/mol. The van der Waals surface area contributed by atoms with Crippen LogP contribution in [0.5, 0.6) is 0 Å². The molecule has 2 atom stereocenters. The predicted molar refractivity (Wildman–Crippen MR) is 87.0 cm³/mol. The number of nitrogens with one attached hydrogen (secondary N) is 1. The summed E-state index contributed by atoms with van der Waals surface area (Å²) in [6.45, 7) is 8.02. The Morgan fingerprint density at radius 3 is 2.86 bits per heavy atom. The predicted octanol–water partition coefficient (Wildman–Crippen LogP) is 0.840. The second-order valence-corrected chi connectivity index (χ2v) is 6.26. The average molecular weight is 360 g/mol. The summed E-state index contributed by atoms with van der Waals surface area (Å²) >= 11 is 3.67. The molecule has 21 heavy (non-hydrogen) atoms. The van der Waals surface area contributed by atoms with E-state index in [0.717, 1.165) is 54.9 Å². The van der Waals surface area contributed by atoms with Crippen LogP contribution in [0.3, 0.4) is 0 Å². The van der Waals surface area contributed by atoms with Gasteiger partial charge in [-0.05, 0) is 28.9 Å². The van der Waals surface area contributed by atoms with Crippen molar-refractivity contribution >= 4 is 15.9 Å². The minimum Gasteiger partial charge on any atom is -0.374 e. The summed E-state index contributed by atoms with van der Waals surface area (Å²) in [5.74, 6) is 5.78. The summed E-state index contributed by atoms with van der Waals surface area (Å²) in [5.41, 5.74) is 5.18. The Bertz CT molecular complexity index is 464. The number of rotatable bonds is 6. The highest BCUT2D eigenvalue weighted by Crippen LogP contribution is 2.24. The quantitative estimate of drug-likeness (QED) is 0.581. The highest BCUT2D eigenvalue weighted by Gasteiger charge is 2.29. The average Bonchev–Trinajstić information content (AvgIpc) is 2.79. The van der Waals surface area contributed by atoms with Crippen LogP contribution < -0.4 is 11.3 Å². The van der Waals surface area contributed by atoms with Crippen LogP contribution in [-0.4, -0.2) is 53.1 Å². The first-order chi connectivity index (χ1) is 10.1. The van der Waals surface area contributed by atoms with Gasteiger partial charge in [0, 0.05) is 26.6 Å². The number of nitrogens with zero attached hydrogens (tertiary/aromatic N) is 3. The van der Waals surface area contributed by atoms with Gasteiger partial charge in [-0.3, -0.25) is 20.9 Å². The lowest BCUT2D eigenvalue weighted by molar-refractivity contribution is -0.0450. The van der Waals surface area contributed by atoms with E-state index in [2.05, 4.69) is 45.2 Å². The molecule has 1 aliphatic heterocycles. The fourth-order valence-corrected chi connectivity index (χ4v) is 3.59. The van der Waals surface area contributed by atoms with Crippen molar-refractivity contribution in [3.05, 3.63) is 15.9 Å². The van der Waals surface area contributed by atoms with Gasteiger partial charge < -0.3 is 4.74 Å². The molecule has 2 unspecified atom stereocenters. The zero-order chi connectivity index (χ0) is 15.4. The van der Waals surface area contributed by atoms with E-state index in [1.165, 1.54) is 0 Å². The van der Waals surface area contributed by atoms with E-state index in [9.17, 15) is 0 Å². The molecule has 0 aromatic carbocycles. The largest absolute Gasteiger partial charge is 0.374 e. The van der Waals surface area contributed by atoms with Crippen molar-refractivity contribution in [2.45, 2.75) is 38.8 Å². The highest BCUT2D eigenvalue weighted by atomic mass is 79.9. The number of aromatic nitrogens is 2. The van der Waals surface area contributed by atoms with Crippen LogP contribution in [0.25, 0.3) is 0 Å². The molecule has 0 saturated carbocycles. The molecule has 3 N–H and O–H groups in total. The van der Waals surface area contributed by atoms with Gasteiger partial charge in [-0.15, -0.1) is 0 Å². The molecule has 2 rings (SSSR count). The van der Waals surface area contributed by atoms with Crippen molar-refractivity contribution in [1.82, 2.24) is 20.1 Å². The van der Waals surface area contributed by atoms with E-state index in [0.29, 0.717) is 0 Å². The maximum Gasteiger partial charge on any atom is 0.0872 e. The Kier molecular flexibility index (Phi) is 6.19. The summed E-state index contributed by atoms with van der Waals surface area (Å²) in [4.78, 5) is 2.40. The Morgan fingerprint density at radius 2 is 2.29 bits per heavy atom. The number of likely N-dealkylation sites (N-methyl/N-ethyl adjacent to an activating group) is 1. The molecule has 6 nitrogen and oxygen atoms in total. The number of halogens is 1. The number of ether oxygens (including phenoxy) is 1. The normalized spacial score (nSPS) is 21.7. The molecule has 0 aliphatic carbocycles. The van der Waals surface area contributed by atoms with Crippen LogP contribution in [0.2, 0.25) is 0 Å². The molecule has 0 bridgehead atoms. The summed E-state index contributed by atoms with van der Waals surface area (Å²) in [6.07, 6.45) is 1.82. The zero-order valence-electron chi connectivity index (χ0n) is 13.1. The van der Waals surface area contributed by atoms with E-state index in [4.69, 9.17) is 10.6 Å². The summed E-state index contributed by atoms with van der Waals surface area (Å²) in [7, 11) is 1.98. The van der Waals surface area contributed by atoms with Crippen LogP contribution in [0.1, 0.15) is 25.2 Å². The lowest BCUT2D eigenvalue weighted by Gasteiger charge is -2.36. The lowest BCUT2D eigenvalue weighted by Crippen LogP contribution is -2.54. The van der Waals surface area contributed by atoms with Gasteiger partial charge in [0.25, 0.3) is 0 Å². The Morgan fingerprint density at radius 1 is 1.52 bits per heavy atom. The van der Waals surface area contributed by atoms with Gasteiger partial charge in [0.1, 0.15) is 0 Å². The summed E-state index contributed by atoms with van der Waals surface area (Å²) in [6, 6.07) is 0.0794. The first kappa shape index (κ1) is 16.9. The maximum atomic E-state index is 5.92. The Hall–Kier alpha value is -0.470. The smallest absolute Gasteiger partial charge is 0.0872 e. The van der Waals surface area contributed by atoms with E-state index in [1.807, 2.05) is 11.7 Å². The van der Waals surface area contributed by atoms with Gasteiger partial charge in [0.2, 0.25) is 0 Å². The minimum atomic E-state index is 0.0794. The molecule has 0 spiro atoms. The fraction of sp³-hybridized carbons (Fsp3) is 0.786. The van der Waals surface area contributed by atoms with Crippen LogP contribution in [-0.2, 0) is 24.6 Å². The van der Waals surface area contributed by atoms with Crippen molar-refractivity contribution < 1.29 is 4.74 Å². The van der Waals surface area contributed by atoms with Crippen LogP contribution >= 0.6 is 15.9 Å². The Labute approximate surface area is 135 Å². The first-order valence-corrected chi connectivity index (χ1v) is 8.40. The highest BCUT2D eigenvalue weighted by molar-refractivity contribution is 9.10. The number of hydrogen-bond donors (Lipinski definition) is 2. The molecule has 7 heteroatoms. The third kappa shape index (κ3) is 3.84. The second-order valence-electron chi connectivity index (χ2n) is 5.46. The molecule has 0 amide bonds. The van der Waals surface area contributed by atoms with Gasteiger partial charge in [-0.25, -0.2) is 0 Å². The standard InChI is InChI=1S/C14H26BrN5O/c1-4-10-14(15)12(19(3)18-10)8-11(17-16)13-9-20(5-2)6-7-21-13/h11,13,17H,4-9,16H2,1-3H3. The number of morpholine rings is 1. The molecule has 1 aromatic heterocycles. The van der Waals surface area contributed by atoms with Crippen LogP contribution in [0.15, 0.2) is 4.47 Å². The fourth-order valence-electron chi connectivity index (χ4n) is 2.81. The van der Waals surface area contributed by atoms with E-state index < -0.39 is 0 Å². The first-order valence-electron chi connectivity index (χ1n) is 7.60. The van der Waals surface area contributed by atoms with E-state index in [-0.39, 0.29) is 12.1 Å². The number of aryl methyl sites for hydroxylation is 2. The molecule has 120 valence electrons. The van der Waals surface area contributed by atoms with Gasteiger partial charge >= 0.3 is 0 Å². The topological polar surface area (TPSA) is 68.3 Å². The molecule has 0 radical (unpaired) electrons. The van der Waals surface area contributed by atoms with E-state index >= 15 is 0 Å². The summed E-state index contributed by atoms with van der Waals surface area (Å²) < 4.78 is 8.95. The zero-order valence-corrected chi connectivity index (χ0v) is 14.7.